The molecule has 0 spiro atoms. The van der Waals surface area contributed by atoms with Gasteiger partial charge in [-0.1, -0.05) is 30.3 Å². The molecule has 1 aromatic rings. The van der Waals surface area contributed by atoms with Crippen molar-refractivity contribution in [2.45, 2.75) is 18.5 Å². The van der Waals surface area contributed by atoms with Gasteiger partial charge in [0.2, 0.25) is 0 Å². The molecular formula is C12H13NO4. The maximum Gasteiger partial charge on any atom is 0.320 e. The Balaban J connectivity index is 2.26. The molecule has 1 aromatic carbocycles. The summed E-state index contributed by atoms with van der Waals surface area (Å²) in [4.78, 5) is 22.0. The number of carboxylic acids is 2. The molecule has 0 unspecified atom stereocenters. The second-order valence-corrected chi connectivity index (χ2v) is 4.13. The lowest BCUT2D eigenvalue weighted by Gasteiger charge is -2.16. The predicted molar refractivity (Wildman–Crippen MR) is 59.5 cm³/mol. The minimum Gasteiger partial charge on any atom is -0.481 e. The van der Waals surface area contributed by atoms with Gasteiger partial charge >= 0.3 is 11.9 Å². The SMILES string of the molecule is O=C(O)[C@H]1C[C@@H](C(=O)O)[C@@H](c2ccccc2)N1. The zero-order valence-electron chi connectivity index (χ0n) is 9.04. The molecule has 1 fully saturated rings. The average Bonchev–Trinajstić information content (AvgIpc) is 2.75. The molecule has 0 radical (unpaired) electrons. The van der Waals surface area contributed by atoms with Gasteiger partial charge in [-0.3, -0.25) is 14.9 Å². The number of nitrogens with one attached hydrogen (secondary N) is 1. The molecule has 0 aromatic heterocycles. The fourth-order valence-corrected chi connectivity index (χ4v) is 2.20. The second kappa shape index (κ2) is 4.55. The van der Waals surface area contributed by atoms with Crippen molar-refractivity contribution in [1.29, 1.82) is 0 Å². The van der Waals surface area contributed by atoms with E-state index >= 15 is 0 Å². The summed E-state index contributed by atoms with van der Waals surface area (Å²) in [5.41, 5.74) is 0.809. The second-order valence-electron chi connectivity index (χ2n) is 4.13. The molecule has 0 amide bonds. The number of rotatable bonds is 3. The molecule has 5 heteroatoms. The largest absolute Gasteiger partial charge is 0.481 e. The number of hydrogen-bond acceptors (Lipinski definition) is 3. The van der Waals surface area contributed by atoms with Gasteiger partial charge in [0, 0.05) is 6.04 Å². The summed E-state index contributed by atoms with van der Waals surface area (Å²) in [5.74, 6) is -2.66. The first-order valence-corrected chi connectivity index (χ1v) is 5.36. The van der Waals surface area contributed by atoms with Crippen LogP contribution in [0.3, 0.4) is 0 Å². The highest BCUT2D eigenvalue weighted by molar-refractivity contribution is 5.78. The van der Waals surface area contributed by atoms with Crippen molar-refractivity contribution in [3.8, 4) is 0 Å². The quantitative estimate of drug-likeness (QED) is 0.723. The Kier molecular flexibility index (Phi) is 3.10. The summed E-state index contributed by atoms with van der Waals surface area (Å²) >= 11 is 0. The van der Waals surface area contributed by atoms with E-state index in [1.54, 1.807) is 12.1 Å². The molecular weight excluding hydrogens is 222 g/mol. The summed E-state index contributed by atoms with van der Waals surface area (Å²) < 4.78 is 0. The normalized spacial score (nSPS) is 27.9. The summed E-state index contributed by atoms with van der Waals surface area (Å²) in [6.45, 7) is 0. The minimum absolute atomic E-state index is 0.115. The lowest BCUT2D eigenvalue weighted by molar-refractivity contribution is -0.142. The number of benzene rings is 1. The molecule has 90 valence electrons. The Morgan fingerprint density at radius 3 is 2.29 bits per heavy atom. The van der Waals surface area contributed by atoms with Gasteiger partial charge in [0.05, 0.1) is 5.92 Å². The van der Waals surface area contributed by atoms with Crippen molar-refractivity contribution in [3.05, 3.63) is 35.9 Å². The van der Waals surface area contributed by atoms with Gasteiger partial charge in [-0.2, -0.15) is 0 Å². The standard InChI is InChI=1S/C12H13NO4/c14-11(15)8-6-9(12(16)17)13-10(8)7-4-2-1-3-5-7/h1-5,8-10,13H,6H2,(H,14,15)(H,16,17)/t8-,9-,10-/m1/s1. The van der Waals surface area contributed by atoms with Gasteiger partial charge in [0.25, 0.3) is 0 Å². The third-order valence-electron chi connectivity index (χ3n) is 3.05. The molecule has 1 aliphatic rings. The van der Waals surface area contributed by atoms with E-state index in [0.29, 0.717) is 0 Å². The predicted octanol–water partition coefficient (Wildman–Crippen LogP) is 0.875. The van der Waals surface area contributed by atoms with Crippen LogP contribution in [-0.4, -0.2) is 28.2 Å². The fourth-order valence-electron chi connectivity index (χ4n) is 2.20. The highest BCUT2D eigenvalue weighted by atomic mass is 16.4. The van der Waals surface area contributed by atoms with Crippen molar-refractivity contribution in [1.82, 2.24) is 5.32 Å². The molecule has 3 atom stereocenters. The van der Waals surface area contributed by atoms with Crippen LogP contribution in [0.5, 0.6) is 0 Å². The van der Waals surface area contributed by atoms with Gasteiger partial charge < -0.3 is 10.2 Å². The first-order valence-electron chi connectivity index (χ1n) is 5.36. The van der Waals surface area contributed by atoms with Crippen LogP contribution in [-0.2, 0) is 9.59 Å². The Morgan fingerprint density at radius 2 is 1.76 bits per heavy atom. The van der Waals surface area contributed by atoms with Gasteiger partial charge in [0.1, 0.15) is 6.04 Å². The van der Waals surface area contributed by atoms with Crippen molar-refractivity contribution in [2.24, 2.45) is 5.92 Å². The summed E-state index contributed by atoms with van der Waals surface area (Å²) in [6.07, 6.45) is 0.115. The van der Waals surface area contributed by atoms with E-state index in [1.807, 2.05) is 18.2 Å². The minimum atomic E-state index is -1.00. The van der Waals surface area contributed by atoms with Crippen LogP contribution >= 0.6 is 0 Å². The first-order chi connectivity index (χ1) is 8.09. The van der Waals surface area contributed by atoms with E-state index < -0.39 is 29.9 Å². The van der Waals surface area contributed by atoms with E-state index in [-0.39, 0.29) is 6.42 Å². The van der Waals surface area contributed by atoms with Crippen molar-refractivity contribution >= 4 is 11.9 Å². The number of aliphatic carboxylic acids is 2. The lowest BCUT2D eigenvalue weighted by atomic mass is 9.94. The van der Waals surface area contributed by atoms with Crippen molar-refractivity contribution in [3.63, 3.8) is 0 Å². The molecule has 1 heterocycles. The highest BCUT2D eigenvalue weighted by Crippen LogP contribution is 2.32. The summed E-state index contributed by atoms with van der Waals surface area (Å²) in [6, 6.07) is 7.84. The maximum absolute atomic E-state index is 11.1. The van der Waals surface area contributed by atoms with E-state index in [4.69, 9.17) is 10.2 Å². The smallest absolute Gasteiger partial charge is 0.320 e. The van der Waals surface area contributed by atoms with Crippen molar-refractivity contribution in [2.75, 3.05) is 0 Å². The van der Waals surface area contributed by atoms with Crippen LogP contribution in [0, 0.1) is 5.92 Å². The van der Waals surface area contributed by atoms with Gasteiger partial charge in [0.15, 0.2) is 0 Å². The average molecular weight is 235 g/mol. The third-order valence-corrected chi connectivity index (χ3v) is 3.05. The Hall–Kier alpha value is -1.88. The highest BCUT2D eigenvalue weighted by Gasteiger charge is 2.41. The van der Waals surface area contributed by atoms with Crippen LogP contribution in [0.15, 0.2) is 30.3 Å². The topological polar surface area (TPSA) is 86.6 Å². The van der Waals surface area contributed by atoms with Crippen molar-refractivity contribution < 1.29 is 19.8 Å². The van der Waals surface area contributed by atoms with Gasteiger partial charge in [-0.25, -0.2) is 0 Å². The third kappa shape index (κ3) is 2.29. The number of carbonyl (C=O) groups is 2. The Morgan fingerprint density at radius 1 is 1.12 bits per heavy atom. The molecule has 2 rings (SSSR count). The molecule has 1 aliphatic heterocycles. The first kappa shape index (κ1) is 11.6. The van der Waals surface area contributed by atoms with E-state index in [1.165, 1.54) is 0 Å². The molecule has 0 aliphatic carbocycles. The zero-order chi connectivity index (χ0) is 12.4. The molecule has 3 N–H and O–H groups in total. The van der Waals surface area contributed by atoms with Crippen LogP contribution < -0.4 is 5.32 Å². The molecule has 5 nitrogen and oxygen atoms in total. The fraction of sp³-hybridized carbons (Fsp3) is 0.333. The summed E-state index contributed by atoms with van der Waals surface area (Å²) in [7, 11) is 0. The molecule has 17 heavy (non-hydrogen) atoms. The molecule has 1 saturated heterocycles. The maximum atomic E-state index is 11.1. The molecule has 0 saturated carbocycles. The van der Waals surface area contributed by atoms with Crippen LogP contribution in [0.2, 0.25) is 0 Å². The Labute approximate surface area is 98.1 Å². The van der Waals surface area contributed by atoms with Crippen LogP contribution in [0.1, 0.15) is 18.0 Å². The number of carboxylic acid groups (broad SMARTS) is 2. The Bertz CT molecular complexity index is 431. The lowest BCUT2D eigenvalue weighted by Crippen LogP contribution is -2.32. The zero-order valence-corrected chi connectivity index (χ0v) is 9.04. The van der Waals surface area contributed by atoms with E-state index in [2.05, 4.69) is 5.32 Å². The van der Waals surface area contributed by atoms with E-state index in [0.717, 1.165) is 5.56 Å². The van der Waals surface area contributed by atoms with Gasteiger partial charge in [-0.15, -0.1) is 0 Å². The van der Waals surface area contributed by atoms with E-state index in [9.17, 15) is 9.59 Å². The summed E-state index contributed by atoms with van der Waals surface area (Å²) in [5, 5.41) is 20.9. The number of hydrogen-bond donors (Lipinski definition) is 3. The molecule has 0 bridgehead atoms. The monoisotopic (exact) mass is 235 g/mol. The van der Waals surface area contributed by atoms with Crippen LogP contribution in [0.25, 0.3) is 0 Å². The van der Waals surface area contributed by atoms with Crippen LogP contribution in [0.4, 0.5) is 0 Å². The van der Waals surface area contributed by atoms with Gasteiger partial charge in [-0.05, 0) is 12.0 Å².